The van der Waals surface area contributed by atoms with Gasteiger partial charge in [-0.05, 0) is 48.2 Å². The molecular formula is C23H23NO3. The number of ether oxygens (including phenoxy) is 1. The SMILES string of the molecule is CCC1(CC)CC(=O)c2cc(C3=CN=C(c4ccccc4O)C3)ccc2O1. The number of allylic oxidation sites excluding steroid dienone is 1. The molecule has 1 N–H and O–H groups in total. The maximum atomic E-state index is 12.8. The first-order valence-electron chi connectivity index (χ1n) is 9.46. The molecule has 0 spiro atoms. The van der Waals surface area contributed by atoms with Crippen LogP contribution in [0.3, 0.4) is 0 Å². The Bertz CT molecular complexity index is 967. The minimum Gasteiger partial charge on any atom is -0.507 e. The summed E-state index contributed by atoms with van der Waals surface area (Å²) in [6.07, 6.45) is 4.51. The van der Waals surface area contributed by atoms with Crippen molar-refractivity contribution < 1.29 is 14.6 Å². The standard InChI is InChI=1S/C23H23NO3/c1-3-23(4-2)13-21(26)18-11-15(9-10-22(18)27-23)16-12-19(24-14-16)17-7-5-6-8-20(17)25/h5-11,14,25H,3-4,12-13H2,1-2H3. The fraction of sp³-hybridized carbons (Fsp3) is 0.304. The number of aliphatic imine (C=N–C) groups is 1. The quantitative estimate of drug-likeness (QED) is 0.819. The van der Waals surface area contributed by atoms with E-state index in [1.165, 1.54) is 0 Å². The number of hydrogen-bond donors (Lipinski definition) is 1. The summed E-state index contributed by atoms with van der Waals surface area (Å²) in [5, 5.41) is 10.1. The molecular weight excluding hydrogens is 338 g/mol. The molecule has 0 radical (unpaired) electrons. The Kier molecular flexibility index (Phi) is 4.34. The predicted molar refractivity (Wildman–Crippen MR) is 107 cm³/mol. The van der Waals surface area contributed by atoms with E-state index in [0.717, 1.165) is 35.3 Å². The number of nitrogens with zero attached hydrogens (tertiary/aromatic N) is 1. The van der Waals surface area contributed by atoms with Gasteiger partial charge in [-0.25, -0.2) is 0 Å². The van der Waals surface area contributed by atoms with Gasteiger partial charge in [0.1, 0.15) is 17.1 Å². The summed E-state index contributed by atoms with van der Waals surface area (Å²) in [5.74, 6) is 1.05. The summed E-state index contributed by atoms with van der Waals surface area (Å²) >= 11 is 0. The normalized spacial score (nSPS) is 17.8. The van der Waals surface area contributed by atoms with Crippen LogP contribution in [0.25, 0.3) is 5.57 Å². The molecule has 0 saturated heterocycles. The molecule has 2 aromatic rings. The van der Waals surface area contributed by atoms with E-state index >= 15 is 0 Å². The number of hydrogen-bond acceptors (Lipinski definition) is 4. The minimum atomic E-state index is -0.376. The van der Waals surface area contributed by atoms with Crippen molar-refractivity contribution >= 4 is 17.1 Å². The lowest BCUT2D eigenvalue weighted by atomic mass is 9.85. The van der Waals surface area contributed by atoms with Crippen LogP contribution in [-0.4, -0.2) is 22.2 Å². The fourth-order valence-corrected chi connectivity index (χ4v) is 3.82. The number of rotatable bonds is 4. The largest absolute Gasteiger partial charge is 0.507 e. The van der Waals surface area contributed by atoms with Crippen LogP contribution in [0.2, 0.25) is 0 Å². The van der Waals surface area contributed by atoms with Crippen LogP contribution in [0.15, 0.2) is 53.7 Å². The molecule has 4 rings (SSSR count). The third kappa shape index (κ3) is 3.05. The number of phenols is 1. The Balaban J connectivity index is 1.59. The highest BCUT2D eigenvalue weighted by molar-refractivity contribution is 6.11. The molecule has 0 aliphatic carbocycles. The van der Waals surface area contributed by atoms with Gasteiger partial charge in [-0.2, -0.15) is 0 Å². The average molecular weight is 361 g/mol. The molecule has 27 heavy (non-hydrogen) atoms. The topological polar surface area (TPSA) is 58.9 Å². The summed E-state index contributed by atoms with van der Waals surface area (Å²) in [7, 11) is 0. The lowest BCUT2D eigenvalue weighted by Gasteiger charge is -2.36. The predicted octanol–water partition coefficient (Wildman–Crippen LogP) is 5.15. The van der Waals surface area contributed by atoms with Crippen LogP contribution in [0, 0.1) is 0 Å². The second kappa shape index (κ2) is 6.69. The van der Waals surface area contributed by atoms with E-state index in [4.69, 9.17) is 4.74 Å². The number of carbonyl (C=O) groups excluding carboxylic acids is 1. The molecule has 0 saturated carbocycles. The molecule has 0 bridgehead atoms. The van der Waals surface area contributed by atoms with Gasteiger partial charge in [-0.1, -0.05) is 32.0 Å². The zero-order chi connectivity index (χ0) is 19.0. The van der Waals surface area contributed by atoms with Gasteiger partial charge in [0.2, 0.25) is 0 Å². The van der Waals surface area contributed by atoms with E-state index in [9.17, 15) is 9.90 Å². The molecule has 4 nitrogen and oxygen atoms in total. The summed E-state index contributed by atoms with van der Waals surface area (Å²) in [5.41, 5.74) is 3.87. The van der Waals surface area contributed by atoms with Crippen LogP contribution in [0.5, 0.6) is 11.5 Å². The molecule has 2 aliphatic rings. The van der Waals surface area contributed by atoms with E-state index in [0.29, 0.717) is 24.2 Å². The van der Waals surface area contributed by atoms with Gasteiger partial charge in [-0.15, -0.1) is 0 Å². The van der Waals surface area contributed by atoms with E-state index < -0.39 is 0 Å². The van der Waals surface area contributed by atoms with Crippen molar-refractivity contribution in [3.05, 3.63) is 65.4 Å². The van der Waals surface area contributed by atoms with Crippen molar-refractivity contribution in [3.8, 4) is 11.5 Å². The maximum absolute atomic E-state index is 12.8. The van der Waals surface area contributed by atoms with Gasteiger partial charge in [0.25, 0.3) is 0 Å². The fourth-order valence-electron chi connectivity index (χ4n) is 3.82. The van der Waals surface area contributed by atoms with Crippen LogP contribution in [0.4, 0.5) is 0 Å². The summed E-state index contributed by atoms with van der Waals surface area (Å²) in [4.78, 5) is 17.2. The number of ketones is 1. The van der Waals surface area contributed by atoms with Crippen LogP contribution in [-0.2, 0) is 0 Å². The molecule has 4 heteroatoms. The molecule has 0 unspecified atom stereocenters. The highest BCUT2D eigenvalue weighted by Gasteiger charge is 2.37. The lowest BCUT2D eigenvalue weighted by Crippen LogP contribution is -2.40. The number of benzene rings is 2. The second-order valence-corrected chi connectivity index (χ2v) is 7.23. The highest BCUT2D eigenvalue weighted by Crippen LogP contribution is 2.39. The van der Waals surface area contributed by atoms with Gasteiger partial charge in [0.15, 0.2) is 5.78 Å². The van der Waals surface area contributed by atoms with Gasteiger partial charge < -0.3 is 9.84 Å². The first-order chi connectivity index (χ1) is 13.0. The Morgan fingerprint density at radius 3 is 2.63 bits per heavy atom. The number of Topliss-reactive ketones (excluding diaryl/α,β-unsaturated/α-hetero) is 1. The number of phenolic OH excluding ortho intramolecular Hbond substituents is 1. The van der Waals surface area contributed by atoms with E-state index in [1.807, 2.05) is 36.5 Å². The number of para-hydroxylation sites is 1. The van der Waals surface area contributed by atoms with Gasteiger partial charge >= 0.3 is 0 Å². The Labute approximate surface area is 159 Å². The van der Waals surface area contributed by atoms with E-state index in [-0.39, 0.29) is 17.1 Å². The van der Waals surface area contributed by atoms with Crippen molar-refractivity contribution in [1.29, 1.82) is 0 Å². The monoisotopic (exact) mass is 361 g/mol. The molecule has 0 aromatic heterocycles. The first-order valence-corrected chi connectivity index (χ1v) is 9.46. The van der Waals surface area contributed by atoms with Crippen molar-refractivity contribution in [2.45, 2.75) is 45.1 Å². The van der Waals surface area contributed by atoms with Crippen LogP contribution < -0.4 is 4.74 Å². The molecule has 0 atom stereocenters. The minimum absolute atomic E-state index is 0.141. The highest BCUT2D eigenvalue weighted by atomic mass is 16.5. The van der Waals surface area contributed by atoms with E-state index in [1.54, 1.807) is 12.1 Å². The second-order valence-electron chi connectivity index (χ2n) is 7.23. The molecule has 138 valence electrons. The van der Waals surface area contributed by atoms with E-state index in [2.05, 4.69) is 18.8 Å². The van der Waals surface area contributed by atoms with Gasteiger partial charge in [0, 0.05) is 18.2 Å². The smallest absolute Gasteiger partial charge is 0.170 e. The first kappa shape index (κ1) is 17.5. The number of carbonyl (C=O) groups is 1. The van der Waals surface area contributed by atoms with Crippen LogP contribution >= 0.6 is 0 Å². The summed E-state index contributed by atoms with van der Waals surface area (Å²) in [6, 6.07) is 13.0. The van der Waals surface area contributed by atoms with Crippen molar-refractivity contribution in [2.75, 3.05) is 0 Å². The average Bonchev–Trinajstić information content (AvgIpc) is 3.18. The van der Waals surface area contributed by atoms with Gasteiger partial charge in [0.05, 0.1) is 17.7 Å². The van der Waals surface area contributed by atoms with Crippen molar-refractivity contribution in [3.63, 3.8) is 0 Å². The summed E-state index contributed by atoms with van der Waals surface area (Å²) < 4.78 is 6.21. The molecule has 0 amide bonds. The maximum Gasteiger partial charge on any atom is 0.170 e. The Hall–Kier alpha value is -2.88. The molecule has 2 aliphatic heterocycles. The zero-order valence-electron chi connectivity index (χ0n) is 15.7. The van der Waals surface area contributed by atoms with Crippen LogP contribution in [0.1, 0.15) is 61.0 Å². The Morgan fingerprint density at radius 2 is 1.89 bits per heavy atom. The number of fused-ring (bicyclic) bond motifs is 1. The van der Waals surface area contributed by atoms with Crippen molar-refractivity contribution in [1.82, 2.24) is 0 Å². The molecule has 0 fully saturated rings. The third-order valence-electron chi connectivity index (χ3n) is 5.70. The van der Waals surface area contributed by atoms with Gasteiger partial charge in [-0.3, -0.25) is 9.79 Å². The molecule has 2 aromatic carbocycles. The summed E-state index contributed by atoms with van der Waals surface area (Å²) in [6.45, 7) is 4.13. The molecule has 2 heterocycles. The number of aromatic hydroxyl groups is 1. The third-order valence-corrected chi connectivity index (χ3v) is 5.70. The van der Waals surface area contributed by atoms with Crippen molar-refractivity contribution in [2.24, 2.45) is 4.99 Å². The Morgan fingerprint density at radius 1 is 1.11 bits per heavy atom. The lowest BCUT2D eigenvalue weighted by molar-refractivity contribution is 0.0349. The zero-order valence-corrected chi connectivity index (χ0v) is 15.7.